The minimum Gasteiger partial charge on any atom is -0.385 e. The highest BCUT2D eigenvalue weighted by Gasteiger charge is 2.30. The summed E-state index contributed by atoms with van der Waals surface area (Å²) in [6.45, 7) is 1.46. The topological polar surface area (TPSA) is 98.2 Å². The van der Waals surface area contributed by atoms with Crippen molar-refractivity contribution in [1.29, 1.82) is 0 Å². The van der Waals surface area contributed by atoms with E-state index in [2.05, 4.69) is 5.32 Å². The van der Waals surface area contributed by atoms with Crippen LogP contribution in [0.5, 0.6) is 0 Å². The number of carbonyl (C=O) groups excluding carboxylic acids is 2. The summed E-state index contributed by atoms with van der Waals surface area (Å²) in [5.41, 5.74) is 10.1. The molecule has 0 aromatic carbocycles. The van der Waals surface area contributed by atoms with Gasteiger partial charge in [-0.2, -0.15) is 0 Å². The number of rotatable bonds is 2. The summed E-state index contributed by atoms with van der Waals surface area (Å²) < 4.78 is 0. The number of nitrogens with two attached hydrogens (primary N) is 2. The van der Waals surface area contributed by atoms with Crippen LogP contribution in [-0.2, 0) is 9.59 Å². The Hall–Kier alpha value is -1.52. The van der Waals surface area contributed by atoms with Crippen molar-refractivity contribution in [2.24, 2.45) is 23.3 Å². The summed E-state index contributed by atoms with van der Waals surface area (Å²) >= 11 is 0. The molecule has 0 fully saturated rings. The van der Waals surface area contributed by atoms with Gasteiger partial charge in [-0.25, -0.2) is 0 Å². The van der Waals surface area contributed by atoms with E-state index in [1.807, 2.05) is 0 Å². The molecule has 0 spiro atoms. The van der Waals surface area contributed by atoms with Gasteiger partial charge in [-0.1, -0.05) is 6.08 Å². The second kappa shape index (κ2) is 3.25. The molecule has 65 valence electrons. The fourth-order valence-corrected chi connectivity index (χ4v) is 1.07. The summed E-state index contributed by atoms with van der Waals surface area (Å²) in [6.07, 6.45) is 3.08. The van der Waals surface area contributed by atoms with Gasteiger partial charge in [0.05, 0.1) is 18.4 Å². The molecule has 5 N–H and O–H groups in total. The van der Waals surface area contributed by atoms with Crippen molar-refractivity contribution < 1.29 is 9.59 Å². The number of carbonyl (C=O) groups is 2. The van der Waals surface area contributed by atoms with E-state index in [-0.39, 0.29) is 0 Å². The lowest BCUT2D eigenvalue weighted by Gasteiger charge is -2.22. The van der Waals surface area contributed by atoms with Crippen LogP contribution in [0.4, 0.5) is 0 Å². The lowest BCUT2D eigenvalue weighted by molar-refractivity contribution is -0.129. The van der Waals surface area contributed by atoms with Gasteiger partial charge >= 0.3 is 0 Å². The summed E-state index contributed by atoms with van der Waals surface area (Å²) in [5, 5.41) is 2.69. The first-order valence-electron chi connectivity index (χ1n) is 3.47. The Morgan fingerprint density at radius 3 is 2.17 bits per heavy atom. The zero-order chi connectivity index (χ0) is 9.14. The van der Waals surface area contributed by atoms with Crippen molar-refractivity contribution in [2.45, 2.75) is 0 Å². The fraction of sp³-hybridized carbons (Fsp3) is 0.286. The van der Waals surface area contributed by atoms with Crippen LogP contribution in [0, 0.1) is 18.4 Å². The Morgan fingerprint density at radius 2 is 1.75 bits per heavy atom. The van der Waals surface area contributed by atoms with E-state index in [1.165, 1.54) is 12.6 Å². The lowest BCUT2D eigenvalue weighted by atomic mass is 9.89. The van der Waals surface area contributed by atoms with Crippen LogP contribution in [0.25, 0.3) is 0 Å². The predicted octanol–water partition coefficient (Wildman–Crippen LogP) is -1.53. The highest BCUT2D eigenvalue weighted by atomic mass is 16.2. The predicted molar refractivity (Wildman–Crippen MR) is 41.9 cm³/mol. The monoisotopic (exact) mass is 168 g/mol. The van der Waals surface area contributed by atoms with Crippen LogP contribution < -0.4 is 16.8 Å². The smallest absolute Gasteiger partial charge is 0.225 e. The standard InChI is InChI=1S/C7H10N3O2/c8-6(11)4-1-2-10-3-5(4)7(9)12/h1-5,10H,(H2,8,11)(H2,9,12). The molecule has 1 radical (unpaired) electrons. The summed E-state index contributed by atoms with van der Waals surface area (Å²) in [5.74, 6) is -2.38. The van der Waals surface area contributed by atoms with Crippen LogP contribution in [-0.4, -0.2) is 11.8 Å². The molecule has 1 aliphatic heterocycles. The molecule has 0 bridgehead atoms. The van der Waals surface area contributed by atoms with E-state index < -0.39 is 23.7 Å². The third-order valence-corrected chi connectivity index (χ3v) is 1.72. The van der Waals surface area contributed by atoms with Crippen molar-refractivity contribution in [2.75, 3.05) is 0 Å². The van der Waals surface area contributed by atoms with Crippen LogP contribution in [0.1, 0.15) is 0 Å². The van der Waals surface area contributed by atoms with Crippen LogP contribution in [0.3, 0.4) is 0 Å². The molecule has 12 heavy (non-hydrogen) atoms. The largest absolute Gasteiger partial charge is 0.385 e. The van der Waals surface area contributed by atoms with Crippen molar-refractivity contribution in [1.82, 2.24) is 5.32 Å². The number of hydrogen-bond acceptors (Lipinski definition) is 3. The van der Waals surface area contributed by atoms with Gasteiger partial charge in [-0.05, 0) is 6.20 Å². The number of primary amides is 2. The number of nitrogens with one attached hydrogen (secondary N) is 1. The SMILES string of the molecule is NC(=O)C1[CH]NC=CC1C(N)=O. The van der Waals surface area contributed by atoms with E-state index in [4.69, 9.17) is 11.5 Å². The first kappa shape index (κ1) is 8.58. The molecule has 2 unspecified atom stereocenters. The number of hydrogen-bond donors (Lipinski definition) is 3. The van der Waals surface area contributed by atoms with Crippen LogP contribution >= 0.6 is 0 Å². The molecule has 0 aromatic heterocycles. The number of amides is 2. The Kier molecular flexibility index (Phi) is 2.32. The fourth-order valence-electron chi connectivity index (χ4n) is 1.07. The molecule has 2 amide bonds. The second-order valence-electron chi connectivity index (χ2n) is 2.55. The van der Waals surface area contributed by atoms with Gasteiger partial charge in [-0.15, -0.1) is 0 Å². The Morgan fingerprint density at radius 1 is 1.17 bits per heavy atom. The van der Waals surface area contributed by atoms with Gasteiger partial charge in [0.15, 0.2) is 0 Å². The minimum absolute atomic E-state index is 0.548. The van der Waals surface area contributed by atoms with E-state index in [0.717, 1.165) is 0 Å². The minimum atomic E-state index is -0.646. The summed E-state index contributed by atoms with van der Waals surface area (Å²) in [6, 6.07) is 0. The molecular formula is C7H10N3O2. The summed E-state index contributed by atoms with van der Waals surface area (Å²) in [4.78, 5) is 21.6. The van der Waals surface area contributed by atoms with E-state index >= 15 is 0 Å². The molecule has 5 heteroatoms. The Balaban J connectivity index is 2.79. The Labute approximate surface area is 69.8 Å². The molecular weight excluding hydrogens is 158 g/mol. The Bertz CT molecular complexity index is 237. The van der Waals surface area contributed by atoms with E-state index in [0.29, 0.717) is 0 Å². The van der Waals surface area contributed by atoms with Gasteiger partial charge < -0.3 is 16.8 Å². The van der Waals surface area contributed by atoms with Crippen LogP contribution in [0.15, 0.2) is 12.3 Å². The molecule has 2 atom stereocenters. The zero-order valence-corrected chi connectivity index (χ0v) is 6.36. The molecule has 0 aliphatic carbocycles. The molecule has 1 rings (SSSR count). The zero-order valence-electron chi connectivity index (χ0n) is 6.36. The second-order valence-corrected chi connectivity index (χ2v) is 2.55. The summed E-state index contributed by atoms with van der Waals surface area (Å²) in [7, 11) is 0. The average Bonchev–Trinajstić information content (AvgIpc) is 2.04. The van der Waals surface area contributed by atoms with Crippen molar-refractivity contribution in [3.05, 3.63) is 18.8 Å². The molecule has 1 heterocycles. The van der Waals surface area contributed by atoms with Gasteiger partial charge in [0, 0.05) is 0 Å². The first-order chi connectivity index (χ1) is 5.63. The maximum absolute atomic E-state index is 10.8. The highest BCUT2D eigenvalue weighted by molar-refractivity contribution is 5.88. The van der Waals surface area contributed by atoms with Crippen molar-refractivity contribution in [3.63, 3.8) is 0 Å². The third-order valence-electron chi connectivity index (χ3n) is 1.72. The quantitative estimate of drug-likeness (QED) is 0.466. The van der Waals surface area contributed by atoms with Gasteiger partial charge in [0.25, 0.3) is 0 Å². The molecule has 0 aromatic rings. The molecule has 5 nitrogen and oxygen atoms in total. The first-order valence-corrected chi connectivity index (χ1v) is 3.47. The van der Waals surface area contributed by atoms with Gasteiger partial charge in [0.2, 0.25) is 11.8 Å². The third kappa shape index (κ3) is 1.55. The lowest BCUT2D eigenvalue weighted by Crippen LogP contribution is -2.41. The van der Waals surface area contributed by atoms with Crippen molar-refractivity contribution in [3.8, 4) is 0 Å². The maximum atomic E-state index is 10.8. The van der Waals surface area contributed by atoms with Gasteiger partial charge in [0.1, 0.15) is 0 Å². The highest BCUT2D eigenvalue weighted by Crippen LogP contribution is 2.17. The molecule has 0 saturated heterocycles. The van der Waals surface area contributed by atoms with E-state index in [9.17, 15) is 9.59 Å². The maximum Gasteiger partial charge on any atom is 0.225 e. The van der Waals surface area contributed by atoms with Crippen molar-refractivity contribution >= 4 is 11.8 Å². The van der Waals surface area contributed by atoms with E-state index in [1.54, 1.807) is 6.20 Å². The molecule has 0 saturated carbocycles. The van der Waals surface area contributed by atoms with Gasteiger partial charge in [-0.3, -0.25) is 9.59 Å². The molecule has 1 aliphatic rings. The van der Waals surface area contributed by atoms with Crippen LogP contribution in [0.2, 0.25) is 0 Å². The normalized spacial score (nSPS) is 27.7. The average molecular weight is 168 g/mol.